The maximum atomic E-state index is 13.2. The smallest absolute Gasteiger partial charge is 0.264 e. The highest BCUT2D eigenvalue weighted by Gasteiger charge is 2.25. The average molecular weight is 406 g/mol. The maximum absolute atomic E-state index is 13.2. The third-order valence-corrected chi connectivity index (χ3v) is 6.37. The molecule has 144 valence electrons. The molecule has 3 rings (SSSR count). The van der Waals surface area contributed by atoms with Gasteiger partial charge in [0.1, 0.15) is 5.75 Å². The van der Waals surface area contributed by atoms with Crippen LogP contribution in [0.3, 0.4) is 0 Å². The van der Waals surface area contributed by atoms with Gasteiger partial charge in [-0.1, -0.05) is 18.2 Å². The lowest BCUT2D eigenvalue weighted by Crippen LogP contribution is -2.31. The van der Waals surface area contributed by atoms with Crippen LogP contribution in [0.5, 0.6) is 5.75 Å². The summed E-state index contributed by atoms with van der Waals surface area (Å²) in [5.74, 6) is 0.525. The summed E-state index contributed by atoms with van der Waals surface area (Å²) in [6.07, 6.45) is 2.19. The SMILES string of the molecule is CCN(c1ccccc1)S(=O)(=O)c1ccc(OC)c(NC(=S)NC2CC2)c1. The molecule has 8 heteroatoms. The van der Waals surface area contributed by atoms with Gasteiger partial charge in [0.15, 0.2) is 5.11 Å². The molecule has 1 fully saturated rings. The molecule has 2 aromatic rings. The van der Waals surface area contributed by atoms with Gasteiger partial charge in [-0.3, -0.25) is 4.31 Å². The summed E-state index contributed by atoms with van der Waals surface area (Å²) in [5.41, 5.74) is 1.14. The van der Waals surface area contributed by atoms with Crippen LogP contribution in [-0.2, 0) is 10.0 Å². The fourth-order valence-electron chi connectivity index (χ4n) is 2.73. The van der Waals surface area contributed by atoms with E-state index < -0.39 is 10.0 Å². The number of nitrogens with zero attached hydrogens (tertiary/aromatic N) is 1. The zero-order valence-corrected chi connectivity index (χ0v) is 16.9. The molecular formula is C19H23N3O3S2. The van der Waals surface area contributed by atoms with Crippen LogP contribution in [0.1, 0.15) is 19.8 Å². The molecular weight excluding hydrogens is 382 g/mol. The van der Waals surface area contributed by atoms with Gasteiger partial charge < -0.3 is 15.4 Å². The molecule has 0 radical (unpaired) electrons. The number of sulfonamides is 1. The summed E-state index contributed by atoms with van der Waals surface area (Å²) in [4.78, 5) is 0.172. The quantitative estimate of drug-likeness (QED) is 0.689. The van der Waals surface area contributed by atoms with Gasteiger partial charge in [0.25, 0.3) is 10.0 Å². The van der Waals surface area contributed by atoms with Crippen molar-refractivity contribution in [3.63, 3.8) is 0 Å². The maximum Gasteiger partial charge on any atom is 0.264 e. The van der Waals surface area contributed by atoms with Gasteiger partial charge in [-0.05, 0) is 62.3 Å². The number of rotatable bonds is 7. The predicted octanol–water partition coefficient (Wildman–Crippen LogP) is 3.36. The molecule has 0 amide bonds. The monoisotopic (exact) mass is 405 g/mol. The third kappa shape index (κ3) is 4.51. The first-order valence-electron chi connectivity index (χ1n) is 8.79. The molecule has 0 spiro atoms. The molecule has 0 heterocycles. The first kappa shape index (κ1) is 19.4. The normalized spacial score (nSPS) is 13.7. The summed E-state index contributed by atoms with van der Waals surface area (Å²) in [6.45, 7) is 2.13. The summed E-state index contributed by atoms with van der Waals surface area (Å²) >= 11 is 5.31. The Kier molecular flexibility index (Phi) is 5.86. The molecule has 0 unspecified atom stereocenters. The number of ether oxygens (including phenoxy) is 1. The van der Waals surface area contributed by atoms with Gasteiger partial charge in [-0.15, -0.1) is 0 Å². The first-order valence-corrected chi connectivity index (χ1v) is 10.6. The molecule has 27 heavy (non-hydrogen) atoms. The van der Waals surface area contributed by atoms with E-state index in [-0.39, 0.29) is 4.90 Å². The van der Waals surface area contributed by atoms with Gasteiger partial charge in [0.05, 0.1) is 23.4 Å². The second kappa shape index (κ2) is 8.14. The Labute approximate surface area is 165 Å². The van der Waals surface area contributed by atoms with Crippen molar-refractivity contribution in [3.8, 4) is 5.75 Å². The van der Waals surface area contributed by atoms with Crippen molar-refractivity contribution in [1.29, 1.82) is 0 Å². The molecule has 0 atom stereocenters. The van der Waals surface area contributed by atoms with Crippen LogP contribution in [0.25, 0.3) is 0 Å². The van der Waals surface area contributed by atoms with Crippen molar-refractivity contribution in [2.24, 2.45) is 0 Å². The minimum absolute atomic E-state index is 0.172. The van der Waals surface area contributed by atoms with E-state index >= 15 is 0 Å². The van der Waals surface area contributed by atoms with Gasteiger partial charge in [0.2, 0.25) is 0 Å². The number of para-hydroxylation sites is 1. The molecule has 0 aromatic heterocycles. The molecule has 1 aliphatic carbocycles. The second-order valence-corrected chi connectivity index (χ2v) is 8.51. The van der Waals surface area contributed by atoms with Crippen molar-refractivity contribution < 1.29 is 13.2 Å². The van der Waals surface area contributed by atoms with Crippen LogP contribution in [0.15, 0.2) is 53.4 Å². The Morgan fingerprint density at radius 3 is 2.52 bits per heavy atom. The van der Waals surface area contributed by atoms with Gasteiger partial charge in [-0.2, -0.15) is 0 Å². The second-order valence-electron chi connectivity index (χ2n) is 6.24. The van der Waals surface area contributed by atoms with Crippen LogP contribution in [0, 0.1) is 0 Å². The third-order valence-electron chi connectivity index (χ3n) is 4.25. The molecule has 1 aliphatic rings. The van der Waals surface area contributed by atoms with E-state index in [2.05, 4.69) is 10.6 Å². The van der Waals surface area contributed by atoms with E-state index in [0.717, 1.165) is 12.8 Å². The van der Waals surface area contributed by atoms with E-state index in [4.69, 9.17) is 17.0 Å². The molecule has 2 aromatic carbocycles. The molecule has 0 aliphatic heterocycles. The number of hydrogen-bond acceptors (Lipinski definition) is 4. The highest BCUT2D eigenvalue weighted by atomic mass is 32.2. The summed E-state index contributed by atoms with van der Waals surface area (Å²) in [7, 11) is -2.19. The highest BCUT2D eigenvalue weighted by Crippen LogP contribution is 2.31. The summed E-state index contributed by atoms with van der Waals surface area (Å²) in [6, 6.07) is 14.2. The van der Waals surface area contributed by atoms with Crippen LogP contribution < -0.4 is 19.7 Å². The lowest BCUT2D eigenvalue weighted by Gasteiger charge is -2.23. The van der Waals surface area contributed by atoms with Crippen LogP contribution in [0.4, 0.5) is 11.4 Å². The Balaban J connectivity index is 1.92. The van der Waals surface area contributed by atoms with E-state index in [1.54, 1.807) is 30.3 Å². The number of nitrogens with one attached hydrogen (secondary N) is 2. The Morgan fingerprint density at radius 1 is 1.22 bits per heavy atom. The van der Waals surface area contributed by atoms with Gasteiger partial charge in [-0.25, -0.2) is 8.42 Å². The minimum Gasteiger partial charge on any atom is -0.495 e. The number of hydrogen-bond donors (Lipinski definition) is 2. The Morgan fingerprint density at radius 2 is 1.93 bits per heavy atom. The molecule has 1 saturated carbocycles. The van der Waals surface area contributed by atoms with E-state index in [1.165, 1.54) is 11.4 Å². The Bertz CT molecular complexity index is 913. The minimum atomic E-state index is -3.72. The van der Waals surface area contributed by atoms with Crippen LogP contribution >= 0.6 is 12.2 Å². The van der Waals surface area contributed by atoms with Crippen molar-refractivity contribution in [2.75, 3.05) is 23.3 Å². The molecule has 6 nitrogen and oxygen atoms in total. The number of thiocarbonyl (C=S) groups is 1. The van der Waals surface area contributed by atoms with Gasteiger partial charge in [0, 0.05) is 12.6 Å². The van der Waals surface area contributed by atoms with Crippen molar-refractivity contribution >= 4 is 38.7 Å². The summed E-state index contributed by atoms with van der Waals surface area (Å²) < 4.78 is 33.1. The van der Waals surface area contributed by atoms with Gasteiger partial charge >= 0.3 is 0 Å². The van der Waals surface area contributed by atoms with Crippen LogP contribution in [-0.4, -0.2) is 33.2 Å². The van der Waals surface area contributed by atoms with E-state index in [9.17, 15) is 8.42 Å². The standard InChI is InChI=1S/C19H23N3O3S2/c1-3-22(15-7-5-4-6-8-15)27(23,24)16-11-12-18(25-2)17(13-16)21-19(26)20-14-9-10-14/h4-8,11-14H,3,9-10H2,1-2H3,(H2,20,21,26). The van der Waals surface area contributed by atoms with Crippen molar-refractivity contribution in [1.82, 2.24) is 5.32 Å². The lowest BCUT2D eigenvalue weighted by atomic mass is 10.3. The summed E-state index contributed by atoms with van der Waals surface area (Å²) in [5, 5.41) is 6.69. The van der Waals surface area contributed by atoms with Crippen LogP contribution in [0.2, 0.25) is 0 Å². The number of methoxy groups -OCH3 is 1. The fraction of sp³-hybridized carbons (Fsp3) is 0.316. The number of anilines is 2. The first-order chi connectivity index (χ1) is 13.0. The predicted molar refractivity (Wildman–Crippen MR) is 112 cm³/mol. The Hall–Kier alpha value is -2.32. The molecule has 2 N–H and O–H groups in total. The van der Waals surface area contributed by atoms with E-state index in [1.807, 2.05) is 25.1 Å². The number of benzene rings is 2. The molecule has 0 bridgehead atoms. The average Bonchev–Trinajstić information content (AvgIpc) is 3.46. The van der Waals surface area contributed by atoms with E-state index in [0.29, 0.717) is 34.8 Å². The highest BCUT2D eigenvalue weighted by molar-refractivity contribution is 7.92. The zero-order chi connectivity index (χ0) is 19.4. The largest absolute Gasteiger partial charge is 0.495 e. The molecule has 0 saturated heterocycles. The zero-order valence-electron chi connectivity index (χ0n) is 15.3. The topological polar surface area (TPSA) is 70.7 Å². The fourth-order valence-corrected chi connectivity index (χ4v) is 4.51. The van der Waals surface area contributed by atoms with Crippen molar-refractivity contribution in [2.45, 2.75) is 30.7 Å². The van der Waals surface area contributed by atoms with Crippen molar-refractivity contribution in [3.05, 3.63) is 48.5 Å². The lowest BCUT2D eigenvalue weighted by molar-refractivity contribution is 0.416.